The lowest BCUT2D eigenvalue weighted by atomic mass is 9.96. The molecule has 8 nitrogen and oxygen atoms in total. The summed E-state index contributed by atoms with van der Waals surface area (Å²) in [7, 11) is 0. The lowest BCUT2D eigenvalue weighted by Gasteiger charge is -2.31. The zero-order valence-corrected chi connectivity index (χ0v) is 18.1. The van der Waals surface area contributed by atoms with Gasteiger partial charge < -0.3 is 20.7 Å². The van der Waals surface area contributed by atoms with Crippen molar-refractivity contribution < 1.29 is 9.53 Å². The Morgan fingerprint density at radius 1 is 1.06 bits per heavy atom. The third-order valence-electron chi connectivity index (χ3n) is 5.46. The first-order valence-corrected chi connectivity index (χ1v) is 11.2. The van der Waals surface area contributed by atoms with Crippen molar-refractivity contribution in [3.63, 3.8) is 0 Å². The normalized spacial score (nSPS) is 14.4. The topological polar surface area (TPSA) is 106 Å². The SMILES string of the molecule is NC(=O)C1CCN(c2nccnc2Oc2ccc(Nc3nc4ccccc4s3)cc2)CC1. The lowest BCUT2D eigenvalue weighted by molar-refractivity contribution is -0.122. The first kappa shape index (κ1) is 20.2. The zero-order valence-electron chi connectivity index (χ0n) is 17.3. The van der Waals surface area contributed by atoms with Crippen molar-refractivity contribution in [2.45, 2.75) is 12.8 Å². The Morgan fingerprint density at radius 3 is 2.56 bits per heavy atom. The Morgan fingerprint density at radius 2 is 1.81 bits per heavy atom. The Labute approximate surface area is 189 Å². The summed E-state index contributed by atoms with van der Waals surface area (Å²) in [4.78, 5) is 27.0. The van der Waals surface area contributed by atoms with Gasteiger partial charge in [-0.2, -0.15) is 0 Å². The smallest absolute Gasteiger partial charge is 0.263 e. The molecule has 0 saturated carbocycles. The Bertz CT molecular complexity index is 1200. The minimum atomic E-state index is -0.236. The van der Waals surface area contributed by atoms with Crippen LogP contribution in [0.5, 0.6) is 11.6 Å². The molecular formula is C23H22N6O2S. The van der Waals surface area contributed by atoms with Gasteiger partial charge in [-0.3, -0.25) is 4.79 Å². The molecule has 1 aliphatic rings. The Kier molecular flexibility index (Phi) is 5.55. The van der Waals surface area contributed by atoms with Crippen LogP contribution in [0.4, 0.5) is 16.6 Å². The van der Waals surface area contributed by atoms with Crippen molar-refractivity contribution in [3.05, 3.63) is 60.9 Å². The molecule has 0 unspecified atom stereocenters. The minimum Gasteiger partial charge on any atom is -0.436 e. The van der Waals surface area contributed by atoms with Crippen LogP contribution in [0.15, 0.2) is 60.9 Å². The fourth-order valence-electron chi connectivity index (χ4n) is 3.75. The molecule has 2 aromatic heterocycles. The largest absolute Gasteiger partial charge is 0.436 e. The number of anilines is 3. The van der Waals surface area contributed by atoms with Crippen LogP contribution in [-0.4, -0.2) is 33.9 Å². The van der Waals surface area contributed by atoms with E-state index in [9.17, 15) is 4.79 Å². The molecule has 0 bridgehead atoms. The number of aromatic nitrogens is 3. The van der Waals surface area contributed by atoms with Crippen LogP contribution in [-0.2, 0) is 4.79 Å². The number of para-hydroxylation sites is 1. The summed E-state index contributed by atoms with van der Waals surface area (Å²) in [6, 6.07) is 15.7. The van der Waals surface area contributed by atoms with Gasteiger partial charge in [0, 0.05) is 37.1 Å². The molecule has 4 aromatic rings. The monoisotopic (exact) mass is 446 g/mol. The molecular weight excluding hydrogens is 424 g/mol. The van der Waals surface area contributed by atoms with Crippen LogP contribution < -0.4 is 20.7 Å². The van der Waals surface area contributed by atoms with E-state index in [-0.39, 0.29) is 11.8 Å². The number of carbonyl (C=O) groups excluding carboxylic acids is 1. The number of nitrogens with two attached hydrogens (primary N) is 1. The molecule has 1 fully saturated rings. The van der Waals surface area contributed by atoms with Crippen LogP contribution in [0.3, 0.4) is 0 Å². The van der Waals surface area contributed by atoms with Crippen molar-refractivity contribution in [2.75, 3.05) is 23.3 Å². The maximum Gasteiger partial charge on any atom is 0.263 e. The molecule has 1 saturated heterocycles. The van der Waals surface area contributed by atoms with Crippen LogP contribution in [0.1, 0.15) is 12.8 Å². The first-order valence-electron chi connectivity index (χ1n) is 10.4. The molecule has 3 N–H and O–H groups in total. The van der Waals surface area contributed by atoms with Gasteiger partial charge in [-0.05, 0) is 49.2 Å². The van der Waals surface area contributed by atoms with Gasteiger partial charge in [0.05, 0.1) is 10.2 Å². The molecule has 3 heterocycles. The standard InChI is InChI=1S/C23H22N6O2S/c24-20(30)15-9-13-29(14-10-15)21-22(26-12-11-25-21)31-17-7-5-16(6-8-17)27-23-28-18-3-1-2-4-19(18)32-23/h1-8,11-12,15H,9-10,13-14H2,(H2,24,30)(H,27,28). The number of piperidine rings is 1. The summed E-state index contributed by atoms with van der Waals surface area (Å²) in [5, 5.41) is 4.18. The van der Waals surface area contributed by atoms with Crippen molar-refractivity contribution in [3.8, 4) is 11.6 Å². The highest BCUT2D eigenvalue weighted by molar-refractivity contribution is 7.22. The number of hydrogen-bond donors (Lipinski definition) is 2. The predicted octanol–water partition coefficient (Wildman–Crippen LogP) is 4.32. The average molecular weight is 447 g/mol. The van der Waals surface area contributed by atoms with Gasteiger partial charge in [-0.1, -0.05) is 23.5 Å². The third kappa shape index (κ3) is 4.33. The van der Waals surface area contributed by atoms with Crippen LogP contribution >= 0.6 is 11.3 Å². The van der Waals surface area contributed by atoms with Crippen LogP contribution in [0, 0.1) is 5.92 Å². The first-order chi connectivity index (χ1) is 15.7. The second kappa shape index (κ2) is 8.80. The van der Waals surface area contributed by atoms with Crippen LogP contribution in [0.25, 0.3) is 10.2 Å². The summed E-state index contributed by atoms with van der Waals surface area (Å²) in [6.45, 7) is 1.38. The van der Waals surface area contributed by atoms with Gasteiger partial charge >= 0.3 is 0 Å². The Balaban J connectivity index is 1.27. The van der Waals surface area contributed by atoms with Gasteiger partial charge in [-0.25, -0.2) is 15.0 Å². The third-order valence-corrected chi connectivity index (χ3v) is 6.41. The number of nitrogens with one attached hydrogen (secondary N) is 1. The number of fused-ring (bicyclic) bond motifs is 1. The molecule has 9 heteroatoms. The molecule has 0 radical (unpaired) electrons. The molecule has 1 aliphatic heterocycles. The van der Waals surface area contributed by atoms with E-state index in [1.807, 2.05) is 42.5 Å². The lowest BCUT2D eigenvalue weighted by Crippen LogP contribution is -2.39. The summed E-state index contributed by atoms with van der Waals surface area (Å²) >= 11 is 1.61. The molecule has 2 aromatic carbocycles. The number of thiazole rings is 1. The van der Waals surface area contributed by atoms with Gasteiger partial charge in [0.15, 0.2) is 10.9 Å². The van der Waals surface area contributed by atoms with Crippen molar-refractivity contribution in [1.29, 1.82) is 0 Å². The van der Waals surface area contributed by atoms with E-state index in [0.29, 0.717) is 43.4 Å². The maximum absolute atomic E-state index is 11.4. The van der Waals surface area contributed by atoms with E-state index >= 15 is 0 Å². The molecule has 0 aliphatic carbocycles. The molecule has 5 rings (SSSR count). The number of benzene rings is 2. The van der Waals surface area contributed by atoms with E-state index in [1.54, 1.807) is 23.7 Å². The predicted molar refractivity (Wildman–Crippen MR) is 126 cm³/mol. The van der Waals surface area contributed by atoms with Crippen molar-refractivity contribution >= 4 is 44.1 Å². The Hall–Kier alpha value is -3.72. The number of nitrogens with zero attached hydrogens (tertiary/aromatic N) is 4. The summed E-state index contributed by atoms with van der Waals surface area (Å²) < 4.78 is 7.19. The second-order valence-electron chi connectivity index (χ2n) is 7.59. The van der Waals surface area contributed by atoms with E-state index in [1.165, 1.54) is 0 Å². The molecule has 0 atom stereocenters. The number of hydrogen-bond acceptors (Lipinski definition) is 8. The summed E-state index contributed by atoms with van der Waals surface area (Å²) in [6.07, 6.45) is 4.67. The van der Waals surface area contributed by atoms with Gasteiger partial charge in [0.2, 0.25) is 5.91 Å². The van der Waals surface area contributed by atoms with Crippen molar-refractivity contribution in [2.24, 2.45) is 11.7 Å². The van der Waals surface area contributed by atoms with E-state index in [0.717, 1.165) is 21.0 Å². The zero-order chi connectivity index (χ0) is 21.9. The van der Waals surface area contributed by atoms with E-state index in [4.69, 9.17) is 10.5 Å². The number of primary amides is 1. The highest BCUT2D eigenvalue weighted by Gasteiger charge is 2.26. The van der Waals surface area contributed by atoms with Gasteiger partial charge in [-0.15, -0.1) is 0 Å². The summed E-state index contributed by atoms with van der Waals surface area (Å²) in [5.74, 6) is 1.46. The minimum absolute atomic E-state index is 0.0808. The average Bonchev–Trinajstić information content (AvgIpc) is 3.23. The second-order valence-corrected chi connectivity index (χ2v) is 8.62. The molecule has 0 spiro atoms. The maximum atomic E-state index is 11.4. The van der Waals surface area contributed by atoms with Crippen molar-refractivity contribution in [1.82, 2.24) is 15.0 Å². The van der Waals surface area contributed by atoms with Crippen LogP contribution in [0.2, 0.25) is 0 Å². The highest BCUT2D eigenvalue weighted by Crippen LogP contribution is 2.32. The quantitative estimate of drug-likeness (QED) is 0.454. The highest BCUT2D eigenvalue weighted by atomic mass is 32.1. The summed E-state index contributed by atoms with van der Waals surface area (Å²) in [5.41, 5.74) is 7.35. The van der Waals surface area contributed by atoms with Gasteiger partial charge in [0.1, 0.15) is 5.75 Å². The number of rotatable bonds is 6. The fraction of sp³-hybridized carbons (Fsp3) is 0.217. The number of carbonyl (C=O) groups is 1. The van der Waals surface area contributed by atoms with E-state index < -0.39 is 0 Å². The van der Waals surface area contributed by atoms with Gasteiger partial charge in [0.25, 0.3) is 5.88 Å². The van der Waals surface area contributed by atoms with E-state index in [2.05, 4.69) is 31.2 Å². The number of amides is 1. The molecule has 1 amide bonds. The molecule has 162 valence electrons. The fourth-order valence-corrected chi connectivity index (χ4v) is 4.64. The molecule has 32 heavy (non-hydrogen) atoms. The number of ether oxygens (including phenoxy) is 1.